The number of nitrogens with zero attached hydrogens (tertiary/aromatic N) is 4. The second kappa shape index (κ2) is 3.91. The topological polar surface area (TPSA) is 52.8 Å². The molecular formula is C8H7IN4O. The van der Waals surface area contributed by atoms with Gasteiger partial charge in [0.1, 0.15) is 5.75 Å². The maximum atomic E-state index is 5.02. The maximum absolute atomic E-state index is 5.02. The van der Waals surface area contributed by atoms with Gasteiger partial charge in [-0.1, -0.05) is 0 Å². The van der Waals surface area contributed by atoms with E-state index >= 15 is 0 Å². The van der Waals surface area contributed by atoms with Crippen molar-refractivity contribution in [3.8, 4) is 17.1 Å². The van der Waals surface area contributed by atoms with Gasteiger partial charge in [0.15, 0.2) is 23.0 Å². The second-order valence-corrected chi connectivity index (χ2v) is 3.14. The third kappa shape index (κ3) is 1.84. The van der Waals surface area contributed by atoms with Crippen LogP contribution in [0.5, 0.6) is 5.75 Å². The highest BCUT2D eigenvalue weighted by Gasteiger charge is 2.03. The van der Waals surface area contributed by atoms with Crippen LogP contribution in [0, 0.1) is 0 Å². The van der Waals surface area contributed by atoms with E-state index in [0.29, 0.717) is 5.82 Å². The van der Waals surface area contributed by atoms with Crippen molar-refractivity contribution in [3.05, 3.63) is 24.3 Å². The Bertz CT molecular complexity index is 425. The lowest BCUT2D eigenvalue weighted by Gasteiger charge is -1.96. The van der Waals surface area contributed by atoms with Crippen LogP contribution in [0.1, 0.15) is 0 Å². The average molecular weight is 302 g/mol. The Hall–Kier alpha value is -1.18. The van der Waals surface area contributed by atoms with Gasteiger partial charge in [0.05, 0.1) is 7.05 Å². The molecule has 72 valence electrons. The summed E-state index contributed by atoms with van der Waals surface area (Å²) in [5, 5.41) is 11.7. The van der Waals surface area contributed by atoms with Gasteiger partial charge in [-0.3, -0.25) is 0 Å². The molecule has 0 aliphatic heterocycles. The number of benzene rings is 1. The van der Waals surface area contributed by atoms with Gasteiger partial charge in [0.25, 0.3) is 0 Å². The molecule has 14 heavy (non-hydrogen) atoms. The third-order valence-electron chi connectivity index (χ3n) is 1.71. The summed E-state index contributed by atoms with van der Waals surface area (Å²) in [4.78, 5) is 1.43. The van der Waals surface area contributed by atoms with Crippen LogP contribution in [0.2, 0.25) is 0 Å². The highest BCUT2D eigenvalue weighted by atomic mass is 127. The lowest BCUT2D eigenvalue weighted by molar-refractivity contribution is 0.630. The Balaban J connectivity index is 2.33. The van der Waals surface area contributed by atoms with E-state index in [-0.39, 0.29) is 0 Å². The molecule has 5 nitrogen and oxygen atoms in total. The van der Waals surface area contributed by atoms with Gasteiger partial charge >= 0.3 is 0 Å². The molecular weight excluding hydrogens is 295 g/mol. The van der Waals surface area contributed by atoms with E-state index in [1.165, 1.54) is 4.80 Å². The molecule has 0 saturated heterocycles. The molecule has 1 heterocycles. The Morgan fingerprint density at radius 3 is 2.50 bits per heavy atom. The molecule has 0 aliphatic rings. The maximum Gasteiger partial charge on any atom is 0.204 e. The summed E-state index contributed by atoms with van der Waals surface area (Å²) in [5.74, 6) is 1.42. The zero-order valence-corrected chi connectivity index (χ0v) is 9.54. The van der Waals surface area contributed by atoms with E-state index in [0.717, 1.165) is 11.3 Å². The molecule has 0 N–H and O–H groups in total. The monoisotopic (exact) mass is 302 g/mol. The summed E-state index contributed by atoms with van der Waals surface area (Å²) >= 11 is 1.84. The van der Waals surface area contributed by atoms with Crippen LogP contribution in [0.15, 0.2) is 24.3 Å². The highest BCUT2D eigenvalue weighted by molar-refractivity contribution is 14.1. The van der Waals surface area contributed by atoms with Crippen molar-refractivity contribution >= 4 is 23.0 Å². The molecule has 2 rings (SSSR count). The first-order valence-electron chi connectivity index (χ1n) is 3.92. The number of hydrogen-bond acceptors (Lipinski definition) is 4. The fourth-order valence-electron chi connectivity index (χ4n) is 1.06. The van der Waals surface area contributed by atoms with Crippen molar-refractivity contribution in [1.82, 2.24) is 20.2 Å². The van der Waals surface area contributed by atoms with E-state index < -0.39 is 0 Å². The van der Waals surface area contributed by atoms with Crippen molar-refractivity contribution in [2.45, 2.75) is 0 Å². The first-order chi connectivity index (χ1) is 6.79. The Labute approximate surface area is 94.8 Å². The number of aromatic nitrogens is 4. The van der Waals surface area contributed by atoms with Crippen molar-refractivity contribution in [2.24, 2.45) is 7.05 Å². The summed E-state index contributed by atoms with van der Waals surface area (Å²) < 4.78 is 5.02. The van der Waals surface area contributed by atoms with Crippen molar-refractivity contribution < 1.29 is 3.07 Å². The molecule has 0 saturated carbocycles. The van der Waals surface area contributed by atoms with Gasteiger partial charge in [-0.2, -0.15) is 4.80 Å². The second-order valence-electron chi connectivity index (χ2n) is 2.70. The fraction of sp³-hybridized carbons (Fsp3) is 0.125. The standard InChI is InChI=1S/C8H7IN4O/c1-13-11-8(10-12-13)6-2-4-7(14-9)5-3-6/h2-5H,1H3. The molecule has 0 radical (unpaired) electrons. The summed E-state index contributed by atoms with van der Waals surface area (Å²) in [6.07, 6.45) is 0. The lowest BCUT2D eigenvalue weighted by atomic mass is 10.2. The van der Waals surface area contributed by atoms with Crippen LogP contribution in [0.3, 0.4) is 0 Å². The lowest BCUT2D eigenvalue weighted by Crippen LogP contribution is -1.91. The zero-order chi connectivity index (χ0) is 9.97. The van der Waals surface area contributed by atoms with Crippen molar-refractivity contribution in [2.75, 3.05) is 0 Å². The van der Waals surface area contributed by atoms with E-state index in [9.17, 15) is 0 Å². The highest BCUT2D eigenvalue weighted by Crippen LogP contribution is 2.19. The van der Waals surface area contributed by atoms with Gasteiger partial charge < -0.3 is 3.07 Å². The molecule has 1 aromatic carbocycles. The molecule has 0 amide bonds. The number of halogens is 1. The van der Waals surface area contributed by atoms with Gasteiger partial charge in [0, 0.05) is 5.56 Å². The molecule has 1 aromatic heterocycles. The number of hydrogen-bond donors (Lipinski definition) is 0. The predicted molar refractivity (Wildman–Crippen MR) is 58.9 cm³/mol. The average Bonchev–Trinajstić information content (AvgIpc) is 2.65. The molecule has 0 aliphatic carbocycles. The SMILES string of the molecule is Cn1nnc(-c2ccc(OI)cc2)n1. The minimum absolute atomic E-state index is 0.618. The predicted octanol–water partition coefficient (Wildman–Crippen LogP) is 1.61. The number of rotatable bonds is 2. The summed E-state index contributed by atoms with van der Waals surface area (Å²) in [6, 6.07) is 7.51. The molecule has 0 unspecified atom stereocenters. The van der Waals surface area contributed by atoms with Crippen LogP contribution in [0.25, 0.3) is 11.4 Å². The first-order valence-corrected chi connectivity index (χ1v) is 4.81. The first kappa shape index (κ1) is 9.38. The Morgan fingerprint density at radius 1 is 1.29 bits per heavy atom. The van der Waals surface area contributed by atoms with Crippen LogP contribution < -0.4 is 3.07 Å². The summed E-state index contributed by atoms with van der Waals surface area (Å²) in [7, 11) is 1.73. The molecule has 0 fully saturated rings. The minimum Gasteiger partial charge on any atom is -0.428 e. The smallest absolute Gasteiger partial charge is 0.204 e. The van der Waals surface area contributed by atoms with Crippen LogP contribution >= 0.6 is 23.0 Å². The molecule has 0 spiro atoms. The van der Waals surface area contributed by atoms with E-state index in [4.69, 9.17) is 3.07 Å². The minimum atomic E-state index is 0.618. The van der Waals surface area contributed by atoms with Crippen LogP contribution in [-0.4, -0.2) is 20.2 Å². The normalized spacial score (nSPS) is 10.1. The molecule has 2 aromatic rings. The number of aryl methyl sites for hydroxylation is 1. The van der Waals surface area contributed by atoms with Crippen molar-refractivity contribution in [1.29, 1.82) is 0 Å². The van der Waals surface area contributed by atoms with Gasteiger partial charge in [-0.25, -0.2) is 0 Å². The Kier molecular flexibility index (Phi) is 2.62. The van der Waals surface area contributed by atoms with Gasteiger partial charge in [0.2, 0.25) is 5.82 Å². The van der Waals surface area contributed by atoms with Crippen molar-refractivity contribution in [3.63, 3.8) is 0 Å². The van der Waals surface area contributed by atoms with Gasteiger partial charge in [-0.15, -0.1) is 10.2 Å². The zero-order valence-electron chi connectivity index (χ0n) is 7.38. The molecule has 6 heteroatoms. The van der Waals surface area contributed by atoms with E-state index in [2.05, 4.69) is 15.4 Å². The van der Waals surface area contributed by atoms with Crippen LogP contribution in [-0.2, 0) is 7.05 Å². The quantitative estimate of drug-likeness (QED) is 0.791. The molecule has 0 atom stereocenters. The van der Waals surface area contributed by atoms with E-state index in [1.54, 1.807) is 7.05 Å². The third-order valence-corrected chi connectivity index (χ3v) is 2.22. The van der Waals surface area contributed by atoms with E-state index in [1.807, 2.05) is 47.3 Å². The Morgan fingerprint density at radius 2 is 2.00 bits per heavy atom. The number of tetrazole rings is 1. The largest absolute Gasteiger partial charge is 0.428 e. The summed E-state index contributed by atoms with van der Waals surface area (Å²) in [6.45, 7) is 0. The van der Waals surface area contributed by atoms with Crippen LogP contribution in [0.4, 0.5) is 0 Å². The molecule has 0 bridgehead atoms. The van der Waals surface area contributed by atoms with Gasteiger partial charge in [-0.05, 0) is 29.5 Å². The summed E-state index contributed by atoms with van der Waals surface area (Å²) in [5.41, 5.74) is 0.926. The fourth-order valence-corrected chi connectivity index (χ4v) is 1.35.